The summed E-state index contributed by atoms with van der Waals surface area (Å²) in [6.45, 7) is 48.1. The number of rotatable bonds is 6. The van der Waals surface area contributed by atoms with Crippen LogP contribution in [0.4, 0.5) is 0 Å². The molecule has 1 fully saturated rings. The van der Waals surface area contributed by atoms with Gasteiger partial charge in [-0.05, 0) is 67.5 Å². The van der Waals surface area contributed by atoms with Crippen LogP contribution in [-0.4, -0.2) is 0 Å². The Morgan fingerprint density at radius 2 is 1.00 bits per heavy atom. The average Bonchev–Trinajstić information content (AvgIpc) is 2.47. The van der Waals surface area contributed by atoms with E-state index < -0.39 is 0 Å². The van der Waals surface area contributed by atoms with Crippen molar-refractivity contribution in [1.29, 1.82) is 0 Å². The smallest absolute Gasteiger partial charge is 0.0158 e. The highest BCUT2D eigenvalue weighted by molar-refractivity contribution is 5.30. The van der Waals surface area contributed by atoms with Crippen LogP contribution in [0.1, 0.15) is 144 Å². The molecule has 1 aliphatic carbocycles. The van der Waals surface area contributed by atoms with Crippen LogP contribution in [0.2, 0.25) is 0 Å². The molecule has 1 rings (SSSR count). The van der Waals surface area contributed by atoms with Crippen molar-refractivity contribution in [3.05, 3.63) is 0 Å². The van der Waals surface area contributed by atoms with Gasteiger partial charge in [-0.1, -0.05) is 132 Å². The predicted molar refractivity (Wildman–Crippen MR) is 142 cm³/mol. The average molecular weight is 435 g/mol. The van der Waals surface area contributed by atoms with Crippen molar-refractivity contribution in [2.75, 3.05) is 0 Å². The first-order valence-electron chi connectivity index (χ1n) is 13.1. The molecule has 186 valence electrons. The van der Waals surface area contributed by atoms with Crippen molar-refractivity contribution in [1.82, 2.24) is 0 Å². The van der Waals surface area contributed by atoms with Crippen LogP contribution in [0.15, 0.2) is 0 Å². The minimum atomic E-state index is 0.228. The Morgan fingerprint density at radius 1 is 0.613 bits per heavy atom. The molecule has 0 aromatic heterocycles. The van der Waals surface area contributed by atoms with E-state index >= 15 is 0 Å². The normalized spacial score (nSPS) is 32.9. The van der Waals surface area contributed by atoms with E-state index in [-0.39, 0.29) is 43.3 Å². The first-order valence-corrected chi connectivity index (χ1v) is 13.1. The monoisotopic (exact) mass is 434 g/mol. The second-order valence-corrected chi connectivity index (χ2v) is 17.0. The SMILES string of the molecule is CC(C)C(C)(C)C(C)(C)CC1(C)C(C)(C(C)(C)C)C(C)(C)C1(C)C(C)(C)CC(C)(C)C. The molecule has 3 atom stereocenters. The van der Waals surface area contributed by atoms with Gasteiger partial charge in [0.1, 0.15) is 0 Å². The van der Waals surface area contributed by atoms with Gasteiger partial charge < -0.3 is 0 Å². The zero-order valence-corrected chi connectivity index (χ0v) is 25.5. The highest BCUT2D eigenvalue weighted by atomic mass is 14.9. The molecule has 0 aliphatic heterocycles. The van der Waals surface area contributed by atoms with Crippen molar-refractivity contribution in [3.8, 4) is 0 Å². The van der Waals surface area contributed by atoms with E-state index in [1.807, 2.05) is 0 Å². The molecule has 3 unspecified atom stereocenters. The van der Waals surface area contributed by atoms with Gasteiger partial charge in [-0.25, -0.2) is 0 Å². The van der Waals surface area contributed by atoms with Gasteiger partial charge in [0.05, 0.1) is 0 Å². The fourth-order valence-electron chi connectivity index (χ4n) is 9.42. The van der Waals surface area contributed by atoms with Gasteiger partial charge >= 0.3 is 0 Å². The van der Waals surface area contributed by atoms with E-state index in [0.717, 1.165) is 0 Å². The van der Waals surface area contributed by atoms with E-state index in [4.69, 9.17) is 0 Å². The quantitative estimate of drug-likeness (QED) is 0.390. The Bertz CT molecular complexity index is 657. The van der Waals surface area contributed by atoms with E-state index in [0.29, 0.717) is 11.3 Å². The molecule has 0 aromatic carbocycles. The molecule has 0 radical (unpaired) electrons. The van der Waals surface area contributed by atoms with E-state index in [1.54, 1.807) is 0 Å². The van der Waals surface area contributed by atoms with Gasteiger partial charge in [-0.3, -0.25) is 0 Å². The van der Waals surface area contributed by atoms with E-state index in [2.05, 4.69) is 132 Å². The van der Waals surface area contributed by atoms with Gasteiger partial charge in [0.25, 0.3) is 0 Å². The molecule has 1 aliphatic rings. The maximum atomic E-state index is 2.69. The number of hydrogen-bond donors (Lipinski definition) is 0. The predicted octanol–water partition coefficient (Wildman–Crippen LogP) is 10.7. The first kappa shape index (κ1) is 29.0. The van der Waals surface area contributed by atoms with Gasteiger partial charge in [0, 0.05) is 0 Å². The minimum Gasteiger partial charge on any atom is -0.0622 e. The van der Waals surface area contributed by atoms with Gasteiger partial charge in [-0.2, -0.15) is 0 Å². The molecule has 1 saturated carbocycles. The van der Waals surface area contributed by atoms with Crippen molar-refractivity contribution in [3.63, 3.8) is 0 Å². The third kappa shape index (κ3) is 3.58. The van der Waals surface area contributed by atoms with Crippen LogP contribution in [0.3, 0.4) is 0 Å². The van der Waals surface area contributed by atoms with E-state index in [9.17, 15) is 0 Å². The molecule has 31 heavy (non-hydrogen) atoms. The third-order valence-corrected chi connectivity index (χ3v) is 12.5. The zero-order chi connectivity index (χ0) is 25.5. The fourth-order valence-corrected chi connectivity index (χ4v) is 9.42. The molecule has 0 aromatic rings. The van der Waals surface area contributed by atoms with Gasteiger partial charge in [0.2, 0.25) is 0 Å². The molecule has 0 heteroatoms. The molecule has 0 saturated heterocycles. The first-order chi connectivity index (χ1) is 13.1. The summed E-state index contributed by atoms with van der Waals surface area (Å²) in [5.74, 6) is 0.661. The highest BCUT2D eigenvalue weighted by Crippen LogP contribution is 2.88. The summed E-state index contributed by atoms with van der Waals surface area (Å²) < 4.78 is 0. The summed E-state index contributed by atoms with van der Waals surface area (Å²) in [7, 11) is 0. The Balaban J connectivity index is 3.87. The van der Waals surface area contributed by atoms with Crippen molar-refractivity contribution in [2.24, 2.45) is 54.7 Å². The molecule has 0 amide bonds. The molecular weight excluding hydrogens is 372 g/mol. The summed E-state index contributed by atoms with van der Waals surface area (Å²) in [5, 5.41) is 0. The van der Waals surface area contributed by atoms with Crippen LogP contribution in [0, 0.1) is 54.7 Å². The maximum absolute atomic E-state index is 2.69. The Morgan fingerprint density at radius 3 is 1.29 bits per heavy atom. The number of hydrogen-bond acceptors (Lipinski definition) is 0. The lowest BCUT2D eigenvalue weighted by Gasteiger charge is -2.87. The molecule has 0 spiro atoms. The van der Waals surface area contributed by atoms with Crippen molar-refractivity contribution in [2.45, 2.75) is 144 Å². The highest BCUT2D eigenvalue weighted by Gasteiger charge is 2.83. The van der Waals surface area contributed by atoms with Crippen LogP contribution in [0.25, 0.3) is 0 Å². The van der Waals surface area contributed by atoms with Crippen molar-refractivity contribution >= 4 is 0 Å². The zero-order valence-electron chi connectivity index (χ0n) is 25.5. The van der Waals surface area contributed by atoms with Gasteiger partial charge in [-0.15, -0.1) is 0 Å². The summed E-state index contributed by atoms with van der Waals surface area (Å²) in [6, 6.07) is 0. The van der Waals surface area contributed by atoms with Crippen molar-refractivity contribution < 1.29 is 0 Å². The summed E-state index contributed by atoms with van der Waals surface area (Å²) in [6.07, 6.45) is 2.52. The lowest BCUT2D eigenvalue weighted by molar-refractivity contribution is -0.395. The lowest BCUT2D eigenvalue weighted by atomic mass is 9.17. The molecule has 0 N–H and O–H groups in total. The lowest BCUT2D eigenvalue weighted by Crippen LogP contribution is -2.81. The van der Waals surface area contributed by atoms with Gasteiger partial charge in [0.15, 0.2) is 0 Å². The standard InChI is InChI=1S/C31H62/c1-22(2)27(13,14)25(9,10)21-29(17)30(18,24(6,7)8)28(15,16)31(29,19)26(11,12)20-23(3,4)5/h22H,20-21H2,1-19H3. The summed E-state index contributed by atoms with van der Waals surface area (Å²) >= 11 is 0. The Labute approximate surface area is 199 Å². The topological polar surface area (TPSA) is 0 Å². The third-order valence-electron chi connectivity index (χ3n) is 12.5. The molecule has 0 heterocycles. The minimum absolute atomic E-state index is 0.228. The van der Waals surface area contributed by atoms with Crippen LogP contribution in [0.5, 0.6) is 0 Å². The summed E-state index contributed by atoms with van der Waals surface area (Å²) in [5.41, 5.74) is 2.26. The van der Waals surface area contributed by atoms with Crippen LogP contribution >= 0.6 is 0 Å². The Hall–Kier alpha value is 0. The fraction of sp³-hybridized carbons (Fsp3) is 1.00. The maximum Gasteiger partial charge on any atom is -0.0158 e. The molecule has 0 nitrogen and oxygen atoms in total. The van der Waals surface area contributed by atoms with Crippen LogP contribution in [-0.2, 0) is 0 Å². The van der Waals surface area contributed by atoms with Crippen LogP contribution < -0.4 is 0 Å². The second kappa shape index (κ2) is 7.25. The summed E-state index contributed by atoms with van der Waals surface area (Å²) in [4.78, 5) is 0. The molecule has 0 bridgehead atoms. The second-order valence-electron chi connectivity index (χ2n) is 17.0. The molecular formula is C31H62. The Kier molecular flexibility index (Phi) is 6.79. The largest absolute Gasteiger partial charge is 0.0622 e. The van der Waals surface area contributed by atoms with E-state index in [1.165, 1.54) is 12.8 Å².